The van der Waals surface area contributed by atoms with Gasteiger partial charge in [0.05, 0.1) is 0 Å². The fourth-order valence-corrected chi connectivity index (χ4v) is 4.20. The molecule has 2 bridgehead atoms. The minimum atomic E-state index is 0.344. The van der Waals surface area contributed by atoms with Gasteiger partial charge in [0.1, 0.15) is 0 Å². The molecule has 0 heterocycles. The van der Waals surface area contributed by atoms with E-state index in [1.54, 1.807) is 0 Å². The molecule has 17 heavy (non-hydrogen) atoms. The third-order valence-corrected chi connectivity index (χ3v) is 6.02. The molecule has 0 aliphatic heterocycles. The lowest BCUT2D eigenvalue weighted by molar-refractivity contribution is 0.121. The van der Waals surface area contributed by atoms with Crippen molar-refractivity contribution in [2.24, 2.45) is 16.7 Å². The van der Waals surface area contributed by atoms with Crippen LogP contribution >= 0.6 is 0 Å². The van der Waals surface area contributed by atoms with Crippen molar-refractivity contribution in [2.75, 3.05) is 13.2 Å². The van der Waals surface area contributed by atoms with E-state index in [2.05, 4.69) is 26.1 Å². The quantitative estimate of drug-likeness (QED) is 0.699. The minimum Gasteiger partial charge on any atom is -0.396 e. The zero-order valence-electron chi connectivity index (χ0n) is 11.8. The van der Waals surface area contributed by atoms with Gasteiger partial charge in [0.15, 0.2) is 0 Å². The van der Waals surface area contributed by atoms with Crippen LogP contribution in [0.5, 0.6) is 0 Å². The van der Waals surface area contributed by atoms with Crippen LogP contribution in [0.3, 0.4) is 0 Å². The van der Waals surface area contributed by atoms with Crippen LogP contribution in [0.15, 0.2) is 0 Å². The Balaban J connectivity index is 1.80. The predicted octanol–water partition coefficient (Wildman–Crippen LogP) is 2.95. The van der Waals surface area contributed by atoms with Crippen molar-refractivity contribution in [1.82, 2.24) is 5.32 Å². The van der Waals surface area contributed by atoms with Gasteiger partial charge in [-0.1, -0.05) is 20.8 Å². The molecule has 3 atom stereocenters. The van der Waals surface area contributed by atoms with Crippen molar-refractivity contribution >= 4 is 0 Å². The Kier molecular flexibility index (Phi) is 3.84. The molecule has 0 saturated heterocycles. The Morgan fingerprint density at radius 3 is 2.47 bits per heavy atom. The maximum atomic E-state index is 8.75. The molecule has 0 radical (unpaired) electrons. The van der Waals surface area contributed by atoms with Gasteiger partial charge in [0, 0.05) is 12.6 Å². The minimum absolute atomic E-state index is 0.344. The van der Waals surface area contributed by atoms with E-state index in [-0.39, 0.29) is 0 Å². The SMILES string of the molecule is CC1(C)C2CCC1(C)C(NCCCCCO)C2. The van der Waals surface area contributed by atoms with Crippen LogP contribution in [0, 0.1) is 16.7 Å². The molecule has 0 aromatic rings. The Morgan fingerprint density at radius 2 is 1.94 bits per heavy atom. The first kappa shape index (κ1) is 13.4. The van der Waals surface area contributed by atoms with E-state index in [4.69, 9.17) is 5.11 Å². The summed E-state index contributed by atoms with van der Waals surface area (Å²) in [4.78, 5) is 0. The highest BCUT2D eigenvalue weighted by molar-refractivity contribution is 5.12. The van der Waals surface area contributed by atoms with Crippen LogP contribution in [0.1, 0.15) is 59.3 Å². The lowest BCUT2D eigenvalue weighted by atomic mass is 9.69. The van der Waals surface area contributed by atoms with E-state index in [1.807, 2.05) is 0 Å². The van der Waals surface area contributed by atoms with Gasteiger partial charge in [-0.3, -0.25) is 0 Å². The molecule has 2 rings (SSSR count). The number of rotatable bonds is 6. The Labute approximate surface area is 106 Å². The molecule has 2 aliphatic carbocycles. The van der Waals surface area contributed by atoms with Gasteiger partial charge in [-0.25, -0.2) is 0 Å². The fourth-order valence-electron chi connectivity index (χ4n) is 4.20. The number of unbranched alkanes of at least 4 members (excludes halogenated alkanes) is 2. The van der Waals surface area contributed by atoms with Gasteiger partial charge in [0.25, 0.3) is 0 Å². The van der Waals surface area contributed by atoms with Crippen molar-refractivity contribution in [3.63, 3.8) is 0 Å². The molecule has 2 nitrogen and oxygen atoms in total. The summed E-state index contributed by atoms with van der Waals surface area (Å²) in [7, 11) is 0. The Hall–Kier alpha value is -0.0800. The average Bonchev–Trinajstić information content (AvgIpc) is 2.61. The van der Waals surface area contributed by atoms with Crippen LogP contribution in [0.4, 0.5) is 0 Å². The maximum Gasteiger partial charge on any atom is 0.0431 e. The fraction of sp³-hybridized carbons (Fsp3) is 1.00. The van der Waals surface area contributed by atoms with Gasteiger partial charge in [-0.15, -0.1) is 0 Å². The first-order valence-corrected chi connectivity index (χ1v) is 7.36. The highest BCUT2D eigenvalue weighted by Crippen LogP contribution is 2.65. The second-order valence-corrected chi connectivity index (χ2v) is 6.90. The number of nitrogens with one attached hydrogen (secondary N) is 1. The number of aliphatic hydroxyl groups is 1. The standard InChI is InChI=1S/C15H29NO/c1-14(2)12-7-8-15(14,3)13(11-12)16-9-5-4-6-10-17/h12-13,16-17H,4-11H2,1-3H3. The lowest BCUT2D eigenvalue weighted by Gasteiger charge is -2.39. The van der Waals surface area contributed by atoms with E-state index in [0.29, 0.717) is 17.4 Å². The molecule has 100 valence electrons. The van der Waals surface area contributed by atoms with Gasteiger partial charge < -0.3 is 10.4 Å². The molecule has 2 aliphatic rings. The van der Waals surface area contributed by atoms with Gasteiger partial charge in [-0.2, -0.15) is 0 Å². The van der Waals surface area contributed by atoms with Crippen LogP contribution in [0.2, 0.25) is 0 Å². The summed E-state index contributed by atoms with van der Waals surface area (Å²) in [6.45, 7) is 8.90. The average molecular weight is 239 g/mol. The molecule has 2 N–H and O–H groups in total. The number of aliphatic hydroxyl groups excluding tert-OH is 1. The molecule has 3 unspecified atom stereocenters. The highest BCUT2D eigenvalue weighted by atomic mass is 16.2. The second kappa shape index (κ2) is 4.89. The maximum absolute atomic E-state index is 8.75. The van der Waals surface area contributed by atoms with Crippen LogP contribution < -0.4 is 5.32 Å². The monoisotopic (exact) mass is 239 g/mol. The zero-order valence-corrected chi connectivity index (χ0v) is 11.8. The molecule has 0 aromatic carbocycles. The second-order valence-electron chi connectivity index (χ2n) is 6.90. The lowest BCUT2D eigenvalue weighted by Crippen LogP contribution is -2.44. The van der Waals surface area contributed by atoms with Crippen LogP contribution in [-0.2, 0) is 0 Å². The van der Waals surface area contributed by atoms with E-state index < -0.39 is 0 Å². The van der Waals surface area contributed by atoms with Gasteiger partial charge in [0.2, 0.25) is 0 Å². The molecular weight excluding hydrogens is 210 g/mol. The van der Waals surface area contributed by atoms with Crippen LogP contribution in [-0.4, -0.2) is 24.3 Å². The first-order valence-electron chi connectivity index (χ1n) is 7.36. The summed E-state index contributed by atoms with van der Waals surface area (Å²) in [5.74, 6) is 0.933. The predicted molar refractivity (Wildman–Crippen MR) is 72.0 cm³/mol. The van der Waals surface area contributed by atoms with Crippen molar-refractivity contribution in [3.8, 4) is 0 Å². The van der Waals surface area contributed by atoms with Crippen LogP contribution in [0.25, 0.3) is 0 Å². The smallest absolute Gasteiger partial charge is 0.0431 e. The molecule has 2 fully saturated rings. The number of hydrogen-bond acceptors (Lipinski definition) is 2. The Morgan fingerprint density at radius 1 is 1.18 bits per heavy atom. The normalized spacial score (nSPS) is 38.8. The zero-order chi connectivity index (χ0) is 12.5. The van der Waals surface area contributed by atoms with Gasteiger partial charge >= 0.3 is 0 Å². The van der Waals surface area contributed by atoms with Crippen molar-refractivity contribution in [3.05, 3.63) is 0 Å². The summed E-state index contributed by atoms with van der Waals surface area (Å²) < 4.78 is 0. The summed E-state index contributed by atoms with van der Waals surface area (Å²) in [5.41, 5.74) is 1.03. The highest BCUT2D eigenvalue weighted by Gasteiger charge is 2.60. The van der Waals surface area contributed by atoms with Gasteiger partial charge in [-0.05, 0) is 61.8 Å². The third-order valence-electron chi connectivity index (χ3n) is 6.02. The van der Waals surface area contributed by atoms with Crippen molar-refractivity contribution in [2.45, 2.75) is 65.3 Å². The summed E-state index contributed by atoms with van der Waals surface area (Å²) in [5, 5.41) is 12.5. The molecule has 0 amide bonds. The molecule has 2 heteroatoms. The van der Waals surface area contributed by atoms with E-state index in [1.165, 1.54) is 25.7 Å². The van der Waals surface area contributed by atoms with E-state index in [9.17, 15) is 0 Å². The van der Waals surface area contributed by atoms with Crippen molar-refractivity contribution in [1.29, 1.82) is 0 Å². The third kappa shape index (κ3) is 2.15. The van der Waals surface area contributed by atoms with Crippen molar-refractivity contribution < 1.29 is 5.11 Å². The summed E-state index contributed by atoms with van der Waals surface area (Å²) in [6, 6.07) is 0.727. The van der Waals surface area contributed by atoms with E-state index >= 15 is 0 Å². The summed E-state index contributed by atoms with van der Waals surface area (Å²) >= 11 is 0. The molecule has 0 spiro atoms. The molecular formula is C15H29NO. The van der Waals surface area contributed by atoms with E-state index in [0.717, 1.165) is 31.3 Å². The molecule has 0 aromatic heterocycles. The number of hydrogen-bond donors (Lipinski definition) is 2. The summed E-state index contributed by atoms with van der Waals surface area (Å²) in [6.07, 6.45) is 7.53. The topological polar surface area (TPSA) is 32.3 Å². The number of fused-ring (bicyclic) bond motifs is 2. The Bertz CT molecular complexity index is 264. The largest absolute Gasteiger partial charge is 0.396 e. The molecule has 2 saturated carbocycles. The first-order chi connectivity index (χ1) is 8.02.